The second-order valence-corrected chi connectivity index (χ2v) is 25.8. The minimum atomic E-state index is -0.599. The van der Waals surface area contributed by atoms with Crippen LogP contribution in [0, 0.1) is 0 Å². The summed E-state index contributed by atoms with van der Waals surface area (Å²) in [6.45, 7) is 19.0. The van der Waals surface area contributed by atoms with Crippen LogP contribution in [0.1, 0.15) is 129 Å². The molecule has 0 saturated carbocycles. The zero-order valence-electron chi connectivity index (χ0n) is 44.7. The zero-order chi connectivity index (χ0) is 51.7. The number of hydrogen-bond acceptors (Lipinski definition) is 3. The molecule has 9 aromatic rings. The molecule has 0 fully saturated rings. The van der Waals surface area contributed by atoms with Gasteiger partial charge in [-0.15, -0.1) is 0 Å². The normalized spacial score (nSPS) is 17.8. The maximum atomic E-state index is 7.06. The Labute approximate surface area is 452 Å². The van der Waals surface area contributed by atoms with Crippen LogP contribution in [0.15, 0.2) is 222 Å². The maximum Gasteiger partial charge on any atom is 0.132 e. The molecule has 76 heavy (non-hydrogen) atoms. The standard InChI is InChI=1S/C73H61NOS/c1-69(2,3)44-29-37-67-63(39-44)73(64-40-45(70(4,5)6)30-38-68(64)76-67)58-26-16-12-22-52(58)54-35-32-47(42-61(54)73)74(46-31-34-53-49-19-9-13-23-55(49)71(7,8)60(53)41-46)48-33-36-66-62(43-48)72(59-27-17-18-28-65(59)75-66)56-24-14-10-20-50(56)51-21-11-15-25-57(51)72/h9-41,43,47H,42H2,1-8H3. The van der Waals surface area contributed by atoms with Crippen LogP contribution in [0.3, 0.4) is 0 Å². The van der Waals surface area contributed by atoms with Crippen molar-refractivity contribution in [1.82, 2.24) is 0 Å². The van der Waals surface area contributed by atoms with E-state index in [4.69, 9.17) is 4.74 Å². The summed E-state index contributed by atoms with van der Waals surface area (Å²) in [5, 5.41) is 0. The molecule has 0 bridgehead atoms. The predicted molar refractivity (Wildman–Crippen MR) is 315 cm³/mol. The number of ether oxygens (including phenoxy) is 1. The molecule has 0 radical (unpaired) electrons. The first-order chi connectivity index (χ1) is 36.7. The van der Waals surface area contributed by atoms with Crippen LogP contribution < -0.4 is 9.64 Å². The van der Waals surface area contributed by atoms with E-state index in [0.29, 0.717) is 0 Å². The van der Waals surface area contributed by atoms with E-state index >= 15 is 0 Å². The van der Waals surface area contributed by atoms with Crippen LogP contribution in [0.5, 0.6) is 11.5 Å². The lowest BCUT2D eigenvalue weighted by atomic mass is 9.63. The van der Waals surface area contributed by atoms with E-state index < -0.39 is 10.8 Å². The Morgan fingerprint density at radius 2 is 0.908 bits per heavy atom. The summed E-state index contributed by atoms with van der Waals surface area (Å²) in [5.41, 5.74) is 25.0. The number of fused-ring (bicyclic) bond motifs is 20. The van der Waals surface area contributed by atoms with Gasteiger partial charge in [-0.1, -0.05) is 225 Å². The highest BCUT2D eigenvalue weighted by molar-refractivity contribution is 7.99. The van der Waals surface area contributed by atoms with Crippen molar-refractivity contribution < 1.29 is 4.74 Å². The molecule has 15 rings (SSSR count). The maximum absolute atomic E-state index is 7.06. The van der Waals surface area contributed by atoms with Crippen molar-refractivity contribution in [2.45, 2.75) is 105 Å². The third-order valence-corrected chi connectivity index (χ3v) is 19.5. The van der Waals surface area contributed by atoms with E-state index in [9.17, 15) is 0 Å². The summed E-state index contributed by atoms with van der Waals surface area (Å²) in [4.78, 5) is 5.37. The highest BCUT2D eigenvalue weighted by Gasteiger charge is 2.54. The monoisotopic (exact) mass is 999 g/mol. The lowest BCUT2D eigenvalue weighted by Gasteiger charge is -2.45. The highest BCUT2D eigenvalue weighted by atomic mass is 32.2. The molecule has 9 aromatic carbocycles. The fourth-order valence-corrected chi connectivity index (χ4v) is 15.8. The second kappa shape index (κ2) is 15.7. The van der Waals surface area contributed by atoms with E-state index in [1.807, 2.05) is 11.8 Å². The number of allylic oxidation sites excluding steroid dienone is 2. The Balaban J connectivity index is 0.982. The van der Waals surface area contributed by atoms with E-state index in [-0.39, 0.29) is 22.3 Å². The Hall–Kier alpha value is -7.59. The largest absolute Gasteiger partial charge is 0.457 e. The Bertz CT molecular complexity index is 3950. The van der Waals surface area contributed by atoms with Gasteiger partial charge in [0.2, 0.25) is 0 Å². The molecule has 0 amide bonds. The summed E-state index contributed by atoms with van der Waals surface area (Å²) in [6.07, 6.45) is 5.85. The van der Waals surface area contributed by atoms with Gasteiger partial charge in [-0.3, -0.25) is 0 Å². The summed E-state index contributed by atoms with van der Waals surface area (Å²) in [7, 11) is 0. The van der Waals surface area contributed by atoms with E-state index in [0.717, 1.165) is 23.6 Å². The zero-order valence-corrected chi connectivity index (χ0v) is 45.5. The number of nitrogens with zero attached hydrogens (tertiary/aromatic N) is 1. The molecule has 0 aromatic heterocycles. The van der Waals surface area contributed by atoms with Gasteiger partial charge < -0.3 is 9.64 Å². The first-order valence-electron chi connectivity index (χ1n) is 27.3. The molecule has 4 aliphatic carbocycles. The molecule has 2 nitrogen and oxygen atoms in total. The quantitative estimate of drug-likeness (QED) is 0.175. The topological polar surface area (TPSA) is 12.5 Å². The molecule has 2 heterocycles. The van der Waals surface area contributed by atoms with Crippen LogP contribution >= 0.6 is 11.8 Å². The summed E-state index contributed by atoms with van der Waals surface area (Å²) in [6, 6.07) is 74.5. The average Bonchev–Trinajstić information content (AvgIpc) is 4.12. The minimum absolute atomic E-state index is 0.0368. The predicted octanol–water partition coefficient (Wildman–Crippen LogP) is 18.8. The lowest BCUT2D eigenvalue weighted by Crippen LogP contribution is -2.39. The molecular formula is C73H61NOS. The fraction of sp³-hybridized carbons (Fsp3) is 0.205. The third kappa shape index (κ3) is 6.07. The van der Waals surface area contributed by atoms with Crippen LogP contribution in [0.4, 0.5) is 11.4 Å². The third-order valence-electron chi connectivity index (χ3n) is 18.3. The van der Waals surface area contributed by atoms with Crippen molar-refractivity contribution in [3.05, 3.63) is 279 Å². The van der Waals surface area contributed by atoms with E-state index in [1.165, 1.54) is 116 Å². The van der Waals surface area contributed by atoms with E-state index in [2.05, 4.69) is 267 Å². The molecular weight excluding hydrogens is 939 g/mol. The summed E-state index contributed by atoms with van der Waals surface area (Å²) < 4.78 is 7.06. The van der Waals surface area contributed by atoms with Crippen molar-refractivity contribution in [1.29, 1.82) is 0 Å². The van der Waals surface area contributed by atoms with Gasteiger partial charge >= 0.3 is 0 Å². The second-order valence-electron chi connectivity index (χ2n) is 24.7. The Morgan fingerprint density at radius 3 is 1.51 bits per heavy atom. The van der Waals surface area contributed by atoms with Crippen molar-refractivity contribution in [3.8, 4) is 33.8 Å². The minimum Gasteiger partial charge on any atom is -0.457 e. The molecule has 3 heteroatoms. The molecule has 370 valence electrons. The van der Waals surface area contributed by atoms with E-state index in [1.54, 1.807) is 0 Å². The van der Waals surface area contributed by atoms with Gasteiger partial charge in [-0.05, 0) is 155 Å². The van der Waals surface area contributed by atoms with Crippen molar-refractivity contribution in [2.24, 2.45) is 0 Å². The Morgan fingerprint density at radius 1 is 0.434 bits per heavy atom. The summed E-state index contributed by atoms with van der Waals surface area (Å²) >= 11 is 1.95. The lowest BCUT2D eigenvalue weighted by molar-refractivity contribution is 0.436. The first kappa shape index (κ1) is 45.8. The number of hydrogen-bond donors (Lipinski definition) is 0. The molecule has 0 N–H and O–H groups in total. The van der Waals surface area contributed by atoms with Crippen LogP contribution in [0.2, 0.25) is 0 Å². The molecule has 0 saturated heterocycles. The van der Waals surface area contributed by atoms with Crippen molar-refractivity contribution in [2.75, 3.05) is 4.90 Å². The van der Waals surface area contributed by atoms with Crippen LogP contribution in [-0.4, -0.2) is 6.04 Å². The fourth-order valence-electron chi connectivity index (χ4n) is 14.7. The molecule has 1 unspecified atom stereocenters. The molecule has 2 spiro atoms. The van der Waals surface area contributed by atoms with Crippen molar-refractivity contribution in [3.63, 3.8) is 0 Å². The van der Waals surface area contributed by atoms with Gasteiger partial charge in [-0.25, -0.2) is 0 Å². The molecule has 2 aliphatic heterocycles. The highest BCUT2D eigenvalue weighted by Crippen LogP contribution is 2.66. The first-order valence-corrected chi connectivity index (χ1v) is 28.1. The smallest absolute Gasteiger partial charge is 0.132 e. The molecule has 6 aliphatic rings. The van der Waals surface area contributed by atoms with Gasteiger partial charge in [0.25, 0.3) is 0 Å². The summed E-state index contributed by atoms with van der Waals surface area (Å²) in [5.74, 6) is 1.80. The Kier molecular flexibility index (Phi) is 9.48. The van der Waals surface area contributed by atoms with Gasteiger partial charge in [0.15, 0.2) is 0 Å². The molecule has 1 atom stereocenters. The van der Waals surface area contributed by atoms with Gasteiger partial charge in [0, 0.05) is 37.7 Å². The van der Waals surface area contributed by atoms with Crippen LogP contribution in [0.25, 0.3) is 27.8 Å². The van der Waals surface area contributed by atoms with Crippen LogP contribution in [-0.2, 0) is 27.1 Å². The number of rotatable bonds is 3. The van der Waals surface area contributed by atoms with Gasteiger partial charge in [-0.2, -0.15) is 0 Å². The number of para-hydroxylation sites is 1. The number of anilines is 2. The number of benzene rings is 9. The van der Waals surface area contributed by atoms with Gasteiger partial charge in [0.1, 0.15) is 11.5 Å². The van der Waals surface area contributed by atoms with Crippen molar-refractivity contribution >= 4 is 28.7 Å². The SMILES string of the molecule is CC(C)(C)c1ccc2c(c1)C1(C3=C(C=CC(N(c4ccc5c(c4)C(C)(C)c4ccccc4-5)c4ccc5c(c4)C4(c6ccccc6O5)c5ccccc5-c5ccccc54)C3)c3ccccc31)c1cc(C(C)(C)C)ccc1S2. The average molecular weight is 1000 g/mol. The van der Waals surface area contributed by atoms with Gasteiger partial charge in [0.05, 0.1) is 16.9 Å².